The Morgan fingerprint density at radius 2 is 1.87 bits per heavy atom. The minimum absolute atomic E-state index is 0.0203. The van der Waals surface area contributed by atoms with Crippen LogP contribution in [0.15, 0.2) is 42.1 Å². The number of nitrogens with zero attached hydrogens (tertiary/aromatic N) is 2. The number of carbonyl (C=O) groups excluding carboxylic acids is 2. The molecule has 3 amide bonds. The van der Waals surface area contributed by atoms with E-state index in [4.69, 9.17) is 9.47 Å². The molecule has 2 aliphatic heterocycles. The summed E-state index contributed by atoms with van der Waals surface area (Å²) in [4.78, 5) is 29.3. The van der Waals surface area contributed by atoms with Crippen LogP contribution in [0.1, 0.15) is 54.9 Å². The zero-order chi connectivity index (χ0) is 27.4. The molecule has 1 fully saturated rings. The summed E-state index contributed by atoms with van der Waals surface area (Å²) in [5, 5.41) is 6.79. The van der Waals surface area contributed by atoms with E-state index >= 15 is 0 Å². The van der Waals surface area contributed by atoms with Crippen molar-refractivity contribution < 1.29 is 19.1 Å². The molecular formula is C30H40N4O4. The molecule has 8 heteroatoms. The minimum atomic E-state index is -0.431. The number of nitrogens with one attached hydrogen (secondary N) is 2. The molecule has 1 atom stereocenters. The summed E-state index contributed by atoms with van der Waals surface area (Å²) in [5.74, 6) is 1.48. The number of benzene rings is 2. The van der Waals surface area contributed by atoms with Crippen molar-refractivity contribution in [2.45, 2.75) is 58.5 Å². The smallest absolute Gasteiger partial charge is 0.321 e. The van der Waals surface area contributed by atoms with Crippen LogP contribution in [0.25, 0.3) is 0 Å². The molecule has 0 aliphatic carbocycles. The number of urea groups is 1. The minimum Gasteiger partial charge on any atom is -0.497 e. The quantitative estimate of drug-likeness (QED) is 0.505. The largest absolute Gasteiger partial charge is 0.497 e. The number of carbonyl (C=O) groups is 2. The fourth-order valence-corrected chi connectivity index (χ4v) is 5.82. The van der Waals surface area contributed by atoms with E-state index in [9.17, 15) is 9.59 Å². The van der Waals surface area contributed by atoms with Crippen LogP contribution in [0, 0.1) is 13.8 Å². The maximum Gasteiger partial charge on any atom is 0.321 e. The lowest BCUT2D eigenvalue weighted by atomic mass is 9.82. The standard InChI is InChI=1S/C30H40N4O4/c1-7-31-30(10-12-33(13-11-30)29(36)32-25-14-20(2)8-9-21(25)3)27-15-22(4)28-23(18-34(27)19-35)16-24(37-5)17-26(28)38-6/h8-9,14-17,19,22,31H,7,10-13,18H2,1-6H3,(H,32,36)/t22-/m0/s1. The lowest BCUT2D eigenvalue weighted by Gasteiger charge is -2.46. The van der Waals surface area contributed by atoms with Crippen LogP contribution < -0.4 is 20.1 Å². The van der Waals surface area contributed by atoms with E-state index in [2.05, 4.69) is 30.6 Å². The number of likely N-dealkylation sites (tertiary alicyclic amines) is 1. The second kappa shape index (κ2) is 11.5. The monoisotopic (exact) mass is 520 g/mol. The van der Waals surface area contributed by atoms with Gasteiger partial charge < -0.3 is 29.9 Å². The van der Waals surface area contributed by atoms with Crippen LogP contribution in [0.5, 0.6) is 11.5 Å². The Balaban J connectivity index is 1.60. The number of likely N-dealkylation sites (N-methyl/N-ethyl adjacent to an activating group) is 1. The Hall–Kier alpha value is -3.52. The second-order valence-electron chi connectivity index (χ2n) is 10.3. The maximum atomic E-state index is 13.2. The van der Waals surface area contributed by atoms with Gasteiger partial charge in [-0.3, -0.25) is 4.79 Å². The molecule has 204 valence electrons. The van der Waals surface area contributed by atoms with Crippen molar-refractivity contribution in [2.75, 3.05) is 39.2 Å². The van der Waals surface area contributed by atoms with E-state index in [-0.39, 0.29) is 11.9 Å². The summed E-state index contributed by atoms with van der Waals surface area (Å²) in [7, 11) is 3.29. The van der Waals surface area contributed by atoms with Crippen molar-refractivity contribution in [3.8, 4) is 11.5 Å². The summed E-state index contributed by atoms with van der Waals surface area (Å²) in [6.45, 7) is 10.6. The normalized spacial score (nSPS) is 18.7. The number of fused-ring (bicyclic) bond motifs is 1. The lowest BCUT2D eigenvalue weighted by molar-refractivity contribution is -0.117. The lowest BCUT2D eigenvalue weighted by Crippen LogP contribution is -2.58. The summed E-state index contributed by atoms with van der Waals surface area (Å²) in [6, 6.07) is 9.85. The maximum absolute atomic E-state index is 13.2. The molecule has 0 spiro atoms. The van der Waals surface area contributed by atoms with Crippen LogP contribution in [0.3, 0.4) is 0 Å². The highest BCUT2D eigenvalue weighted by Gasteiger charge is 2.42. The molecule has 0 saturated carbocycles. The van der Waals surface area contributed by atoms with Gasteiger partial charge in [-0.05, 0) is 62.1 Å². The van der Waals surface area contributed by atoms with Gasteiger partial charge in [0.15, 0.2) is 0 Å². The van der Waals surface area contributed by atoms with Crippen LogP contribution in [0.4, 0.5) is 10.5 Å². The van der Waals surface area contributed by atoms with Crippen LogP contribution >= 0.6 is 0 Å². The highest BCUT2D eigenvalue weighted by molar-refractivity contribution is 5.90. The molecule has 8 nitrogen and oxygen atoms in total. The van der Waals surface area contributed by atoms with Crippen molar-refractivity contribution in [2.24, 2.45) is 0 Å². The van der Waals surface area contributed by atoms with Gasteiger partial charge in [-0.15, -0.1) is 0 Å². The third-order valence-corrected chi connectivity index (χ3v) is 7.84. The predicted octanol–water partition coefficient (Wildman–Crippen LogP) is 4.96. The van der Waals surface area contributed by atoms with E-state index in [0.717, 1.165) is 52.3 Å². The number of allylic oxidation sites excluding steroid dienone is 1. The molecule has 1 saturated heterocycles. The Kier molecular flexibility index (Phi) is 8.31. The first-order valence-corrected chi connectivity index (χ1v) is 13.3. The molecule has 4 rings (SSSR count). The van der Waals surface area contributed by atoms with Gasteiger partial charge >= 0.3 is 6.03 Å². The first-order valence-electron chi connectivity index (χ1n) is 13.3. The third-order valence-electron chi connectivity index (χ3n) is 7.84. The molecule has 2 aliphatic rings. The van der Waals surface area contributed by atoms with Gasteiger partial charge in [0.2, 0.25) is 6.41 Å². The van der Waals surface area contributed by atoms with Gasteiger partial charge in [-0.25, -0.2) is 4.79 Å². The predicted molar refractivity (Wildman–Crippen MR) is 150 cm³/mol. The van der Waals surface area contributed by atoms with Crippen molar-refractivity contribution in [3.05, 3.63) is 64.4 Å². The number of aryl methyl sites for hydroxylation is 2. The SMILES string of the molecule is CCNC1(C2=C[C@H](C)c3c(cc(OC)cc3OC)CN2C=O)CCN(C(=O)Nc2cc(C)ccc2C)CC1. The molecule has 2 N–H and O–H groups in total. The summed E-state index contributed by atoms with van der Waals surface area (Å²) < 4.78 is 11.2. The van der Waals surface area contributed by atoms with Crippen LogP contribution in [-0.4, -0.2) is 61.6 Å². The Labute approximate surface area is 226 Å². The number of rotatable bonds is 7. The summed E-state index contributed by atoms with van der Waals surface area (Å²) in [6.07, 6.45) is 4.49. The Morgan fingerprint density at radius 1 is 1.13 bits per heavy atom. The first kappa shape index (κ1) is 27.5. The average molecular weight is 521 g/mol. The van der Waals surface area contributed by atoms with Gasteiger partial charge in [-0.2, -0.15) is 0 Å². The number of ether oxygens (including phenoxy) is 2. The molecule has 0 unspecified atom stereocenters. The van der Waals surface area contributed by atoms with Crippen molar-refractivity contribution in [1.29, 1.82) is 0 Å². The van der Waals surface area contributed by atoms with Gasteiger partial charge in [-0.1, -0.05) is 32.1 Å². The fraction of sp³-hybridized carbons (Fsp3) is 0.467. The van der Waals surface area contributed by atoms with E-state index < -0.39 is 5.54 Å². The second-order valence-corrected chi connectivity index (χ2v) is 10.3. The van der Waals surface area contributed by atoms with E-state index in [1.807, 2.05) is 49.1 Å². The number of hydrogen-bond acceptors (Lipinski definition) is 5. The van der Waals surface area contributed by atoms with Crippen molar-refractivity contribution in [3.63, 3.8) is 0 Å². The fourth-order valence-electron chi connectivity index (χ4n) is 5.82. The molecule has 2 aromatic carbocycles. The molecular weight excluding hydrogens is 480 g/mol. The molecule has 0 bridgehead atoms. The number of piperidine rings is 1. The van der Waals surface area contributed by atoms with E-state index in [0.29, 0.717) is 38.2 Å². The molecule has 0 radical (unpaired) electrons. The number of methoxy groups -OCH3 is 2. The van der Waals surface area contributed by atoms with Gasteiger partial charge in [0.05, 0.1) is 26.3 Å². The molecule has 2 heterocycles. The Morgan fingerprint density at radius 3 is 2.50 bits per heavy atom. The molecule has 38 heavy (non-hydrogen) atoms. The first-order chi connectivity index (χ1) is 18.2. The third kappa shape index (κ3) is 5.36. The van der Waals surface area contributed by atoms with Crippen molar-refractivity contribution in [1.82, 2.24) is 15.1 Å². The topological polar surface area (TPSA) is 83.1 Å². The molecule has 0 aromatic heterocycles. The zero-order valence-electron chi connectivity index (χ0n) is 23.4. The van der Waals surface area contributed by atoms with Crippen LogP contribution in [-0.2, 0) is 11.3 Å². The highest BCUT2D eigenvalue weighted by atomic mass is 16.5. The summed E-state index contributed by atoms with van der Waals surface area (Å²) in [5.41, 5.74) is 5.57. The van der Waals surface area contributed by atoms with E-state index in [1.165, 1.54) is 0 Å². The van der Waals surface area contributed by atoms with Gasteiger partial charge in [0, 0.05) is 42.0 Å². The van der Waals surface area contributed by atoms with Gasteiger partial charge in [0.1, 0.15) is 11.5 Å². The number of amides is 3. The number of hydrogen-bond donors (Lipinski definition) is 2. The number of anilines is 1. The zero-order valence-corrected chi connectivity index (χ0v) is 23.4. The Bertz CT molecular complexity index is 1220. The molecule has 2 aromatic rings. The average Bonchev–Trinajstić information content (AvgIpc) is 3.06. The van der Waals surface area contributed by atoms with Crippen molar-refractivity contribution >= 4 is 18.1 Å². The highest BCUT2D eigenvalue weighted by Crippen LogP contribution is 2.42. The van der Waals surface area contributed by atoms with Crippen LogP contribution in [0.2, 0.25) is 0 Å². The van der Waals surface area contributed by atoms with Gasteiger partial charge in [0.25, 0.3) is 0 Å². The summed E-state index contributed by atoms with van der Waals surface area (Å²) >= 11 is 0. The van der Waals surface area contributed by atoms with E-state index in [1.54, 1.807) is 19.1 Å².